The summed E-state index contributed by atoms with van der Waals surface area (Å²) >= 11 is 7.36. The van der Waals surface area contributed by atoms with E-state index in [4.69, 9.17) is 16.3 Å². The van der Waals surface area contributed by atoms with Gasteiger partial charge < -0.3 is 10.1 Å². The first-order chi connectivity index (χ1) is 9.65. The average Bonchev–Trinajstić information content (AvgIpc) is 2.47. The van der Waals surface area contributed by atoms with Crippen LogP contribution in [0.2, 0.25) is 5.02 Å². The smallest absolute Gasteiger partial charge is 0.258 e. The van der Waals surface area contributed by atoms with Gasteiger partial charge in [-0.05, 0) is 36.6 Å². The van der Waals surface area contributed by atoms with E-state index in [1.807, 2.05) is 6.26 Å². The van der Waals surface area contributed by atoms with Crippen molar-refractivity contribution in [1.82, 2.24) is 4.98 Å². The minimum Gasteiger partial charge on any atom is -0.495 e. The van der Waals surface area contributed by atoms with E-state index in [1.165, 1.54) is 18.9 Å². The van der Waals surface area contributed by atoms with Crippen LogP contribution in [0, 0.1) is 0 Å². The molecule has 0 aliphatic heterocycles. The quantitative estimate of drug-likeness (QED) is 0.875. The van der Waals surface area contributed by atoms with Gasteiger partial charge in [0.1, 0.15) is 10.8 Å². The number of carbonyl (C=O) groups excluding carboxylic acids is 1. The van der Waals surface area contributed by atoms with Crippen LogP contribution < -0.4 is 10.1 Å². The Hall–Kier alpha value is -1.72. The van der Waals surface area contributed by atoms with E-state index in [0.717, 1.165) is 0 Å². The number of ether oxygens (including phenoxy) is 1. The van der Waals surface area contributed by atoms with Crippen LogP contribution in [0.25, 0.3) is 0 Å². The van der Waals surface area contributed by atoms with E-state index >= 15 is 0 Å². The van der Waals surface area contributed by atoms with Crippen LogP contribution in [0.5, 0.6) is 5.75 Å². The van der Waals surface area contributed by atoms with Crippen LogP contribution in [0.1, 0.15) is 10.4 Å². The number of aromatic nitrogens is 1. The Bertz CT molecular complexity index is 634. The molecule has 1 N–H and O–H groups in total. The lowest BCUT2D eigenvalue weighted by Crippen LogP contribution is -2.14. The second-order valence-corrected chi connectivity index (χ2v) is 5.09. The minimum atomic E-state index is -0.247. The van der Waals surface area contributed by atoms with Gasteiger partial charge in [0, 0.05) is 11.2 Å². The Labute approximate surface area is 126 Å². The number of pyridine rings is 1. The third-order valence-corrected chi connectivity index (χ3v) is 3.57. The van der Waals surface area contributed by atoms with Crippen LogP contribution in [0.3, 0.4) is 0 Å². The summed E-state index contributed by atoms with van der Waals surface area (Å²) in [7, 11) is 1.54. The molecule has 1 aromatic carbocycles. The first-order valence-corrected chi connectivity index (χ1v) is 7.40. The van der Waals surface area contributed by atoms with Gasteiger partial charge in [-0.1, -0.05) is 11.6 Å². The van der Waals surface area contributed by atoms with Crippen molar-refractivity contribution in [3.8, 4) is 5.75 Å². The van der Waals surface area contributed by atoms with Gasteiger partial charge in [0.2, 0.25) is 0 Å². The van der Waals surface area contributed by atoms with Gasteiger partial charge in [-0.2, -0.15) is 0 Å². The molecule has 1 amide bonds. The predicted molar refractivity (Wildman–Crippen MR) is 82.0 cm³/mol. The number of rotatable bonds is 4. The second kappa shape index (κ2) is 6.63. The van der Waals surface area contributed by atoms with Crippen molar-refractivity contribution >= 4 is 35.0 Å². The lowest BCUT2D eigenvalue weighted by molar-refractivity contribution is 0.102. The van der Waals surface area contributed by atoms with Crippen molar-refractivity contribution < 1.29 is 9.53 Å². The topological polar surface area (TPSA) is 51.2 Å². The third kappa shape index (κ3) is 3.23. The molecule has 6 heteroatoms. The van der Waals surface area contributed by atoms with Crippen molar-refractivity contribution in [1.29, 1.82) is 0 Å². The molecule has 0 fully saturated rings. The number of benzene rings is 1. The van der Waals surface area contributed by atoms with Gasteiger partial charge in [-0.3, -0.25) is 4.79 Å². The number of methoxy groups -OCH3 is 1. The van der Waals surface area contributed by atoms with E-state index in [1.54, 1.807) is 36.5 Å². The summed E-state index contributed by atoms with van der Waals surface area (Å²) in [4.78, 5) is 16.5. The molecular weight excluding hydrogens is 296 g/mol. The van der Waals surface area contributed by atoms with Gasteiger partial charge in [-0.15, -0.1) is 11.8 Å². The van der Waals surface area contributed by atoms with Gasteiger partial charge in [0.25, 0.3) is 5.91 Å². The Morgan fingerprint density at radius 3 is 2.90 bits per heavy atom. The van der Waals surface area contributed by atoms with E-state index in [0.29, 0.717) is 27.0 Å². The number of anilines is 1. The molecule has 0 bridgehead atoms. The zero-order chi connectivity index (χ0) is 14.5. The highest BCUT2D eigenvalue weighted by Gasteiger charge is 2.14. The van der Waals surface area contributed by atoms with Gasteiger partial charge in [0.05, 0.1) is 18.4 Å². The number of nitrogens with zero attached hydrogens (tertiary/aromatic N) is 1. The van der Waals surface area contributed by atoms with Crippen molar-refractivity contribution in [3.05, 3.63) is 47.1 Å². The number of hydrogen-bond donors (Lipinski definition) is 1. The maximum atomic E-state index is 12.3. The second-order valence-electron chi connectivity index (χ2n) is 3.86. The summed E-state index contributed by atoms with van der Waals surface area (Å²) in [5, 5.41) is 3.99. The zero-order valence-electron chi connectivity index (χ0n) is 11.0. The fraction of sp³-hybridized carbons (Fsp3) is 0.143. The molecule has 1 heterocycles. The Morgan fingerprint density at radius 1 is 1.40 bits per heavy atom. The Balaban J connectivity index is 2.30. The van der Waals surface area contributed by atoms with Crippen molar-refractivity contribution in [2.24, 2.45) is 0 Å². The molecule has 0 unspecified atom stereocenters. The highest BCUT2D eigenvalue weighted by molar-refractivity contribution is 7.98. The Kier molecular flexibility index (Phi) is 4.87. The lowest BCUT2D eigenvalue weighted by atomic mass is 10.2. The predicted octanol–water partition coefficient (Wildman–Crippen LogP) is 3.72. The molecule has 0 saturated heterocycles. The summed E-state index contributed by atoms with van der Waals surface area (Å²) < 4.78 is 5.20. The van der Waals surface area contributed by atoms with Crippen LogP contribution >= 0.6 is 23.4 Å². The summed E-state index contributed by atoms with van der Waals surface area (Å²) in [6, 6.07) is 8.51. The summed E-state index contributed by atoms with van der Waals surface area (Å²) in [5.41, 5.74) is 1.04. The number of nitrogens with one attached hydrogen (secondary N) is 1. The van der Waals surface area contributed by atoms with Crippen molar-refractivity contribution in [2.75, 3.05) is 18.7 Å². The molecule has 0 aliphatic carbocycles. The highest BCUT2D eigenvalue weighted by atomic mass is 35.5. The van der Waals surface area contributed by atoms with Crippen LogP contribution in [0.4, 0.5) is 5.69 Å². The summed E-state index contributed by atoms with van der Waals surface area (Å²) in [6.07, 6.45) is 3.53. The molecule has 2 rings (SSSR count). The Morgan fingerprint density at radius 2 is 2.20 bits per heavy atom. The summed E-state index contributed by atoms with van der Waals surface area (Å²) in [6.45, 7) is 0. The van der Waals surface area contributed by atoms with E-state index in [2.05, 4.69) is 10.3 Å². The van der Waals surface area contributed by atoms with Crippen LogP contribution in [-0.2, 0) is 0 Å². The standard InChI is InChI=1S/C14H13ClN2O2S/c1-19-12-6-5-9(15)8-11(12)17-13(18)10-4-3-7-16-14(10)20-2/h3-8H,1-2H3,(H,17,18). The largest absolute Gasteiger partial charge is 0.495 e. The van der Waals surface area contributed by atoms with E-state index < -0.39 is 0 Å². The minimum absolute atomic E-state index is 0.247. The molecule has 0 atom stereocenters. The highest BCUT2D eigenvalue weighted by Crippen LogP contribution is 2.28. The van der Waals surface area contributed by atoms with E-state index in [9.17, 15) is 4.79 Å². The average molecular weight is 309 g/mol. The third-order valence-electron chi connectivity index (χ3n) is 2.62. The number of carbonyl (C=O) groups is 1. The molecule has 2 aromatic rings. The van der Waals surface area contributed by atoms with Gasteiger partial charge in [-0.25, -0.2) is 4.98 Å². The SMILES string of the molecule is COc1ccc(Cl)cc1NC(=O)c1cccnc1SC. The zero-order valence-corrected chi connectivity index (χ0v) is 12.6. The molecule has 4 nitrogen and oxygen atoms in total. The van der Waals surface area contributed by atoms with E-state index in [-0.39, 0.29) is 5.91 Å². The van der Waals surface area contributed by atoms with Crippen molar-refractivity contribution in [3.63, 3.8) is 0 Å². The van der Waals surface area contributed by atoms with Gasteiger partial charge in [0.15, 0.2) is 0 Å². The maximum absolute atomic E-state index is 12.3. The fourth-order valence-electron chi connectivity index (χ4n) is 1.69. The first-order valence-electron chi connectivity index (χ1n) is 5.79. The maximum Gasteiger partial charge on any atom is 0.258 e. The number of halogens is 1. The molecule has 0 aliphatic rings. The molecule has 104 valence electrons. The number of amides is 1. The number of hydrogen-bond acceptors (Lipinski definition) is 4. The number of thioether (sulfide) groups is 1. The molecule has 0 saturated carbocycles. The molecule has 0 spiro atoms. The first kappa shape index (κ1) is 14.7. The molecule has 1 aromatic heterocycles. The van der Waals surface area contributed by atoms with Crippen LogP contribution in [-0.4, -0.2) is 24.3 Å². The lowest BCUT2D eigenvalue weighted by Gasteiger charge is -2.11. The van der Waals surface area contributed by atoms with Crippen LogP contribution in [0.15, 0.2) is 41.6 Å². The molecule has 20 heavy (non-hydrogen) atoms. The summed E-state index contributed by atoms with van der Waals surface area (Å²) in [5.74, 6) is 0.306. The normalized spacial score (nSPS) is 10.2. The van der Waals surface area contributed by atoms with Gasteiger partial charge >= 0.3 is 0 Å². The van der Waals surface area contributed by atoms with Crippen molar-refractivity contribution in [2.45, 2.75) is 5.03 Å². The molecular formula is C14H13ClN2O2S. The fourth-order valence-corrected chi connectivity index (χ4v) is 2.41. The molecule has 0 radical (unpaired) electrons. The monoisotopic (exact) mass is 308 g/mol.